The second kappa shape index (κ2) is 6.49. The van der Waals surface area contributed by atoms with Crippen molar-refractivity contribution in [3.63, 3.8) is 0 Å². The first-order valence-corrected chi connectivity index (χ1v) is 7.26. The standard InChI is InChI=1S/C15H21FN2O3/c1-2-15(11-19)5-7-17(8-6-15)10-12-3-4-13(18(20)21)9-14(12)16/h3-4,9,19H,2,5-8,10-11H2,1H3. The van der Waals surface area contributed by atoms with Crippen LogP contribution < -0.4 is 0 Å². The van der Waals surface area contributed by atoms with Crippen LogP contribution in [-0.4, -0.2) is 34.6 Å². The first-order valence-electron chi connectivity index (χ1n) is 7.26. The van der Waals surface area contributed by atoms with Crippen molar-refractivity contribution in [2.75, 3.05) is 19.7 Å². The second-order valence-electron chi connectivity index (χ2n) is 5.82. The van der Waals surface area contributed by atoms with Gasteiger partial charge in [-0.05, 0) is 43.8 Å². The molecule has 2 rings (SSSR count). The number of nitrogens with zero attached hydrogens (tertiary/aromatic N) is 2. The van der Waals surface area contributed by atoms with Gasteiger partial charge in [-0.25, -0.2) is 4.39 Å². The number of aliphatic hydroxyl groups excluding tert-OH is 1. The van der Waals surface area contributed by atoms with E-state index in [9.17, 15) is 19.6 Å². The Hall–Kier alpha value is -1.53. The van der Waals surface area contributed by atoms with Crippen molar-refractivity contribution in [1.29, 1.82) is 0 Å². The van der Waals surface area contributed by atoms with Crippen LogP contribution in [0.1, 0.15) is 31.7 Å². The highest BCUT2D eigenvalue weighted by atomic mass is 19.1. The highest BCUT2D eigenvalue weighted by molar-refractivity contribution is 5.34. The van der Waals surface area contributed by atoms with Gasteiger partial charge in [0.1, 0.15) is 5.82 Å². The Bertz CT molecular complexity index is 508. The van der Waals surface area contributed by atoms with E-state index in [1.807, 2.05) is 0 Å². The lowest BCUT2D eigenvalue weighted by molar-refractivity contribution is -0.385. The van der Waals surface area contributed by atoms with Gasteiger partial charge in [-0.2, -0.15) is 0 Å². The summed E-state index contributed by atoms with van der Waals surface area (Å²) in [5.74, 6) is -0.529. The normalized spacial score (nSPS) is 18.6. The molecule has 1 N–H and O–H groups in total. The van der Waals surface area contributed by atoms with Crippen molar-refractivity contribution in [1.82, 2.24) is 4.90 Å². The molecule has 21 heavy (non-hydrogen) atoms. The van der Waals surface area contributed by atoms with E-state index in [1.54, 1.807) is 0 Å². The largest absolute Gasteiger partial charge is 0.396 e. The molecule has 0 radical (unpaired) electrons. The third kappa shape index (κ3) is 3.57. The van der Waals surface area contributed by atoms with Crippen LogP contribution >= 0.6 is 0 Å². The Morgan fingerprint density at radius 2 is 2.10 bits per heavy atom. The van der Waals surface area contributed by atoms with Gasteiger partial charge in [0.25, 0.3) is 5.69 Å². The van der Waals surface area contributed by atoms with Gasteiger partial charge in [-0.3, -0.25) is 15.0 Å². The Kier molecular flexibility index (Phi) is 4.90. The molecule has 5 nitrogen and oxygen atoms in total. The maximum atomic E-state index is 13.9. The number of hydrogen-bond acceptors (Lipinski definition) is 4. The van der Waals surface area contributed by atoms with Crippen molar-refractivity contribution in [3.8, 4) is 0 Å². The predicted octanol–water partition coefficient (Wildman–Crippen LogP) is 2.72. The number of non-ortho nitro benzene ring substituents is 1. The highest BCUT2D eigenvalue weighted by Crippen LogP contribution is 2.34. The molecule has 1 aromatic rings. The molecule has 0 aromatic heterocycles. The van der Waals surface area contributed by atoms with Gasteiger partial charge in [0.05, 0.1) is 11.0 Å². The molecule has 0 spiro atoms. The lowest BCUT2D eigenvalue weighted by atomic mass is 9.77. The Morgan fingerprint density at radius 1 is 1.43 bits per heavy atom. The first kappa shape index (κ1) is 15.9. The molecule has 0 atom stereocenters. The predicted molar refractivity (Wildman–Crippen MR) is 77.4 cm³/mol. The van der Waals surface area contributed by atoms with Crippen LogP contribution in [0.5, 0.6) is 0 Å². The maximum Gasteiger partial charge on any atom is 0.272 e. The SMILES string of the molecule is CCC1(CO)CCN(Cc2ccc([N+](=O)[O-])cc2F)CC1. The van der Waals surface area contributed by atoms with E-state index >= 15 is 0 Å². The lowest BCUT2D eigenvalue weighted by Gasteiger charge is -2.40. The molecule has 1 saturated heterocycles. The second-order valence-corrected chi connectivity index (χ2v) is 5.82. The monoisotopic (exact) mass is 296 g/mol. The van der Waals surface area contributed by atoms with Gasteiger partial charge in [-0.1, -0.05) is 6.92 Å². The molecule has 1 aliphatic rings. The van der Waals surface area contributed by atoms with E-state index < -0.39 is 10.7 Å². The van der Waals surface area contributed by atoms with E-state index in [1.165, 1.54) is 12.1 Å². The van der Waals surface area contributed by atoms with Crippen LogP contribution in [-0.2, 0) is 6.54 Å². The number of halogens is 1. The first-order chi connectivity index (χ1) is 9.99. The van der Waals surface area contributed by atoms with Crippen molar-refractivity contribution < 1.29 is 14.4 Å². The number of aliphatic hydroxyl groups is 1. The summed E-state index contributed by atoms with van der Waals surface area (Å²) in [5, 5.41) is 20.1. The zero-order valence-corrected chi connectivity index (χ0v) is 12.2. The average molecular weight is 296 g/mol. The van der Waals surface area contributed by atoms with E-state index in [-0.39, 0.29) is 17.7 Å². The van der Waals surface area contributed by atoms with Crippen molar-refractivity contribution in [3.05, 3.63) is 39.7 Å². The zero-order chi connectivity index (χ0) is 15.5. The number of hydrogen-bond donors (Lipinski definition) is 1. The van der Waals surface area contributed by atoms with Gasteiger partial charge in [0.15, 0.2) is 0 Å². The molecule has 1 aliphatic heterocycles. The molecule has 1 aromatic carbocycles. The van der Waals surface area contributed by atoms with Gasteiger partial charge in [-0.15, -0.1) is 0 Å². The van der Waals surface area contributed by atoms with Gasteiger partial charge < -0.3 is 5.11 Å². The minimum Gasteiger partial charge on any atom is -0.396 e. The summed E-state index contributed by atoms with van der Waals surface area (Å²) >= 11 is 0. The average Bonchev–Trinajstić information content (AvgIpc) is 2.50. The van der Waals surface area contributed by atoms with Crippen molar-refractivity contribution in [2.45, 2.75) is 32.7 Å². The molecule has 0 unspecified atom stereocenters. The molecular weight excluding hydrogens is 275 g/mol. The summed E-state index contributed by atoms with van der Waals surface area (Å²) in [6, 6.07) is 3.80. The molecular formula is C15H21FN2O3. The van der Waals surface area contributed by atoms with E-state index in [4.69, 9.17) is 0 Å². The summed E-state index contributed by atoms with van der Waals surface area (Å²) < 4.78 is 13.9. The number of rotatable bonds is 5. The van der Waals surface area contributed by atoms with Crippen LogP contribution in [0.2, 0.25) is 0 Å². The fourth-order valence-electron chi connectivity index (χ4n) is 2.83. The quantitative estimate of drug-likeness (QED) is 0.670. The third-order valence-corrected chi connectivity index (χ3v) is 4.64. The number of likely N-dealkylation sites (tertiary alicyclic amines) is 1. The topological polar surface area (TPSA) is 66.6 Å². The summed E-state index contributed by atoms with van der Waals surface area (Å²) in [4.78, 5) is 12.1. The number of nitro benzene ring substituents is 1. The summed E-state index contributed by atoms with van der Waals surface area (Å²) in [5.41, 5.74) is 0.263. The summed E-state index contributed by atoms with van der Waals surface area (Å²) in [6.45, 7) is 4.36. The molecule has 0 aliphatic carbocycles. The zero-order valence-electron chi connectivity index (χ0n) is 12.2. The molecule has 1 heterocycles. The van der Waals surface area contributed by atoms with E-state index in [0.29, 0.717) is 12.1 Å². The van der Waals surface area contributed by atoms with Crippen LogP contribution in [0.15, 0.2) is 18.2 Å². The molecule has 116 valence electrons. The van der Waals surface area contributed by atoms with E-state index in [2.05, 4.69) is 11.8 Å². The summed E-state index contributed by atoms with van der Waals surface area (Å²) in [7, 11) is 0. The highest BCUT2D eigenvalue weighted by Gasteiger charge is 2.32. The van der Waals surface area contributed by atoms with Gasteiger partial charge in [0.2, 0.25) is 0 Å². The van der Waals surface area contributed by atoms with Gasteiger partial charge >= 0.3 is 0 Å². The number of nitro groups is 1. The van der Waals surface area contributed by atoms with Crippen LogP contribution in [0.4, 0.5) is 10.1 Å². The molecule has 1 fully saturated rings. The van der Waals surface area contributed by atoms with Gasteiger partial charge in [0, 0.05) is 24.8 Å². The smallest absolute Gasteiger partial charge is 0.272 e. The third-order valence-electron chi connectivity index (χ3n) is 4.64. The minimum atomic E-state index is -0.593. The minimum absolute atomic E-state index is 0.00448. The fourth-order valence-corrected chi connectivity index (χ4v) is 2.83. The van der Waals surface area contributed by atoms with Crippen LogP contribution in [0, 0.1) is 21.3 Å². The van der Waals surface area contributed by atoms with Crippen molar-refractivity contribution >= 4 is 5.69 Å². The van der Waals surface area contributed by atoms with Crippen LogP contribution in [0.25, 0.3) is 0 Å². The Morgan fingerprint density at radius 3 is 2.57 bits per heavy atom. The molecule has 0 bridgehead atoms. The van der Waals surface area contributed by atoms with Crippen LogP contribution in [0.3, 0.4) is 0 Å². The number of piperidine rings is 1. The number of benzene rings is 1. The fraction of sp³-hybridized carbons (Fsp3) is 0.600. The molecule has 0 saturated carbocycles. The Labute approximate surface area is 123 Å². The maximum absolute atomic E-state index is 13.9. The molecule has 0 amide bonds. The summed E-state index contributed by atoms with van der Waals surface area (Å²) in [6.07, 6.45) is 2.74. The Balaban J connectivity index is 1.99. The molecule has 6 heteroatoms. The lowest BCUT2D eigenvalue weighted by Crippen LogP contribution is -2.41. The van der Waals surface area contributed by atoms with E-state index in [0.717, 1.165) is 38.4 Å². The van der Waals surface area contributed by atoms with Crippen molar-refractivity contribution in [2.24, 2.45) is 5.41 Å².